The SMILES string of the molecule is C=CCOc1ccc(CN[C@H](C)C2CCCCCC2)cc1. The second kappa shape index (κ2) is 8.89. The van der Waals surface area contributed by atoms with Gasteiger partial charge in [0.1, 0.15) is 12.4 Å². The van der Waals surface area contributed by atoms with Gasteiger partial charge in [0.05, 0.1) is 0 Å². The van der Waals surface area contributed by atoms with E-state index in [0.717, 1.165) is 18.2 Å². The number of hydrogen-bond donors (Lipinski definition) is 1. The van der Waals surface area contributed by atoms with Gasteiger partial charge in [0, 0.05) is 12.6 Å². The van der Waals surface area contributed by atoms with Gasteiger partial charge in [0.25, 0.3) is 0 Å². The molecule has 0 radical (unpaired) electrons. The highest BCUT2D eigenvalue weighted by molar-refractivity contribution is 5.27. The first kappa shape index (κ1) is 16.1. The van der Waals surface area contributed by atoms with Crippen molar-refractivity contribution in [2.45, 2.75) is 58.0 Å². The first-order chi connectivity index (χ1) is 10.3. The molecule has 0 heterocycles. The number of ether oxygens (including phenoxy) is 1. The van der Waals surface area contributed by atoms with E-state index in [9.17, 15) is 0 Å². The van der Waals surface area contributed by atoms with Crippen molar-refractivity contribution in [3.63, 3.8) is 0 Å². The first-order valence-corrected chi connectivity index (χ1v) is 8.35. The highest BCUT2D eigenvalue weighted by atomic mass is 16.5. The Labute approximate surface area is 129 Å². The Bertz CT molecular complexity index is 404. The number of rotatable bonds is 7. The molecule has 0 amide bonds. The van der Waals surface area contributed by atoms with E-state index in [-0.39, 0.29) is 0 Å². The summed E-state index contributed by atoms with van der Waals surface area (Å²) < 4.78 is 5.51. The third-order valence-corrected chi connectivity index (χ3v) is 4.53. The molecule has 0 bridgehead atoms. The van der Waals surface area contributed by atoms with E-state index in [1.54, 1.807) is 6.08 Å². The molecular weight excluding hydrogens is 258 g/mol. The van der Waals surface area contributed by atoms with Crippen LogP contribution in [0.4, 0.5) is 0 Å². The molecule has 0 aliphatic heterocycles. The van der Waals surface area contributed by atoms with Crippen molar-refractivity contribution in [3.8, 4) is 5.75 Å². The van der Waals surface area contributed by atoms with Crippen molar-refractivity contribution in [1.82, 2.24) is 5.32 Å². The molecule has 1 aliphatic carbocycles. The zero-order valence-electron chi connectivity index (χ0n) is 13.3. The summed E-state index contributed by atoms with van der Waals surface area (Å²) in [5.41, 5.74) is 1.32. The van der Waals surface area contributed by atoms with Crippen LogP contribution in [0, 0.1) is 5.92 Å². The van der Waals surface area contributed by atoms with Crippen molar-refractivity contribution in [3.05, 3.63) is 42.5 Å². The Morgan fingerprint density at radius 3 is 2.48 bits per heavy atom. The summed E-state index contributed by atoms with van der Waals surface area (Å²) >= 11 is 0. The molecule has 2 nitrogen and oxygen atoms in total. The monoisotopic (exact) mass is 287 g/mol. The fourth-order valence-corrected chi connectivity index (χ4v) is 3.12. The number of nitrogens with one attached hydrogen (secondary N) is 1. The molecule has 0 spiro atoms. The maximum atomic E-state index is 5.51. The van der Waals surface area contributed by atoms with E-state index in [2.05, 4.69) is 31.0 Å². The number of benzene rings is 1. The minimum absolute atomic E-state index is 0.566. The molecule has 0 unspecified atom stereocenters. The van der Waals surface area contributed by atoms with Crippen LogP contribution in [0.15, 0.2) is 36.9 Å². The highest BCUT2D eigenvalue weighted by Gasteiger charge is 2.18. The van der Waals surface area contributed by atoms with E-state index >= 15 is 0 Å². The summed E-state index contributed by atoms with van der Waals surface area (Å²) in [6.07, 6.45) is 10.2. The van der Waals surface area contributed by atoms with E-state index in [1.807, 2.05) is 12.1 Å². The zero-order chi connectivity index (χ0) is 14.9. The Hall–Kier alpha value is -1.28. The molecular formula is C19H29NO. The van der Waals surface area contributed by atoms with Gasteiger partial charge in [-0.25, -0.2) is 0 Å². The van der Waals surface area contributed by atoms with Gasteiger partial charge in [0.2, 0.25) is 0 Å². The van der Waals surface area contributed by atoms with Crippen LogP contribution in [0.3, 0.4) is 0 Å². The molecule has 21 heavy (non-hydrogen) atoms. The zero-order valence-corrected chi connectivity index (χ0v) is 13.3. The summed E-state index contributed by atoms with van der Waals surface area (Å²) in [6.45, 7) is 7.51. The van der Waals surface area contributed by atoms with Gasteiger partial charge in [-0.3, -0.25) is 0 Å². The van der Waals surface area contributed by atoms with Crippen LogP contribution in [0.25, 0.3) is 0 Å². The minimum atomic E-state index is 0.566. The molecule has 1 aromatic rings. The van der Waals surface area contributed by atoms with E-state index < -0.39 is 0 Å². The molecule has 1 aliphatic rings. The summed E-state index contributed by atoms with van der Waals surface area (Å²) in [4.78, 5) is 0. The summed E-state index contributed by atoms with van der Waals surface area (Å²) in [5, 5.41) is 3.70. The van der Waals surface area contributed by atoms with Gasteiger partial charge in [-0.2, -0.15) is 0 Å². The molecule has 1 saturated carbocycles. The highest BCUT2D eigenvalue weighted by Crippen LogP contribution is 2.25. The van der Waals surface area contributed by atoms with Crippen LogP contribution >= 0.6 is 0 Å². The average Bonchev–Trinajstić information content (AvgIpc) is 2.81. The molecule has 0 saturated heterocycles. The first-order valence-electron chi connectivity index (χ1n) is 8.35. The fourth-order valence-electron chi connectivity index (χ4n) is 3.12. The van der Waals surface area contributed by atoms with Crippen LogP contribution in [-0.2, 0) is 6.54 Å². The molecule has 1 fully saturated rings. The Balaban J connectivity index is 1.77. The van der Waals surface area contributed by atoms with Crippen molar-refractivity contribution < 1.29 is 4.74 Å². The van der Waals surface area contributed by atoms with Gasteiger partial charge in [-0.15, -0.1) is 0 Å². The van der Waals surface area contributed by atoms with Crippen molar-refractivity contribution >= 4 is 0 Å². The Kier molecular flexibility index (Phi) is 6.81. The lowest BCUT2D eigenvalue weighted by atomic mass is 9.93. The van der Waals surface area contributed by atoms with E-state index in [4.69, 9.17) is 4.74 Å². The lowest BCUT2D eigenvalue weighted by Crippen LogP contribution is -2.32. The predicted octanol–water partition coefficient (Wildman–Crippen LogP) is 4.70. The largest absolute Gasteiger partial charge is 0.490 e. The van der Waals surface area contributed by atoms with Crippen LogP contribution in [0.1, 0.15) is 51.0 Å². The summed E-state index contributed by atoms with van der Waals surface area (Å²) in [7, 11) is 0. The van der Waals surface area contributed by atoms with Crippen LogP contribution in [0.5, 0.6) is 5.75 Å². The molecule has 1 N–H and O–H groups in total. The van der Waals surface area contributed by atoms with Crippen LogP contribution in [-0.4, -0.2) is 12.6 Å². The van der Waals surface area contributed by atoms with Crippen LogP contribution < -0.4 is 10.1 Å². The fraction of sp³-hybridized carbons (Fsp3) is 0.579. The average molecular weight is 287 g/mol. The van der Waals surface area contributed by atoms with Gasteiger partial charge in [-0.1, -0.05) is 50.5 Å². The van der Waals surface area contributed by atoms with Crippen molar-refractivity contribution in [2.24, 2.45) is 5.92 Å². The molecule has 2 rings (SSSR count). The summed E-state index contributed by atoms with van der Waals surface area (Å²) in [5.74, 6) is 1.76. The Morgan fingerprint density at radius 2 is 1.86 bits per heavy atom. The lowest BCUT2D eigenvalue weighted by molar-refractivity contribution is 0.336. The standard InChI is InChI=1S/C19H29NO/c1-3-14-21-19-12-10-17(11-13-19)15-20-16(2)18-8-6-4-5-7-9-18/h3,10-13,16,18,20H,1,4-9,14-15H2,2H3/t16-/m1/s1. The predicted molar refractivity (Wildman–Crippen MR) is 89.6 cm³/mol. The van der Waals surface area contributed by atoms with Gasteiger partial charge in [-0.05, 0) is 43.4 Å². The molecule has 116 valence electrons. The maximum Gasteiger partial charge on any atom is 0.119 e. The maximum absolute atomic E-state index is 5.51. The lowest BCUT2D eigenvalue weighted by Gasteiger charge is -2.23. The molecule has 0 aromatic heterocycles. The van der Waals surface area contributed by atoms with E-state index in [1.165, 1.54) is 44.1 Å². The normalized spacial score (nSPS) is 18.0. The quantitative estimate of drug-likeness (QED) is 0.580. The second-order valence-corrected chi connectivity index (χ2v) is 6.16. The minimum Gasteiger partial charge on any atom is -0.490 e. The molecule has 1 atom stereocenters. The smallest absolute Gasteiger partial charge is 0.119 e. The number of hydrogen-bond acceptors (Lipinski definition) is 2. The van der Waals surface area contributed by atoms with Crippen LogP contribution in [0.2, 0.25) is 0 Å². The van der Waals surface area contributed by atoms with Gasteiger partial charge < -0.3 is 10.1 Å². The summed E-state index contributed by atoms with van der Waals surface area (Å²) in [6, 6.07) is 8.98. The topological polar surface area (TPSA) is 21.3 Å². The molecule has 2 heteroatoms. The third kappa shape index (κ3) is 5.55. The Morgan fingerprint density at radius 1 is 1.19 bits per heavy atom. The second-order valence-electron chi connectivity index (χ2n) is 6.16. The van der Waals surface area contributed by atoms with Gasteiger partial charge >= 0.3 is 0 Å². The van der Waals surface area contributed by atoms with Gasteiger partial charge in [0.15, 0.2) is 0 Å². The third-order valence-electron chi connectivity index (χ3n) is 4.53. The van der Waals surface area contributed by atoms with E-state index in [0.29, 0.717) is 12.6 Å². The van der Waals surface area contributed by atoms with Crippen molar-refractivity contribution in [1.29, 1.82) is 0 Å². The van der Waals surface area contributed by atoms with Crippen molar-refractivity contribution in [2.75, 3.05) is 6.61 Å². The molecule has 1 aromatic carbocycles.